The maximum Gasteiger partial charge on any atom is 0.331 e. The third-order valence-corrected chi connectivity index (χ3v) is 6.05. The highest BCUT2D eigenvalue weighted by molar-refractivity contribution is 8.01. The molecule has 3 unspecified atom stereocenters. The molecule has 21 heavy (non-hydrogen) atoms. The van der Waals surface area contributed by atoms with Crippen molar-refractivity contribution in [2.45, 2.75) is 42.6 Å². The quantitative estimate of drug-likeness (QED) is 0.749. The van der Waals surface area contributed by atoms with E-state index in [4.69, 9.17) is 4.74 Å². The average Bonchev–Trinajstić information content (AvgIpc) is 3.07. The minimum atomic E-state index is -1.36. The predicted octanol–water partition coefficient (Wildman–Crippen LogP) is -0.200. The van der Waals surface area contributed by atoms with Gasteiger partial charge in [0.05, 0.1) is 11.5 Å². The van der Waals surface area contributed by atoms with Gasteiger partial charge in [-0.3, -0.25) is 9.59 Å². The van der Waals surface area contributed by atoms with E-state index in [2.05, 4.69) is 5.32 Å². The summed E-state index contributed by atoms with van der Waals surface area (Å²) in [7, 11) is 0. The number of thioether (sulfide) groups is 1. The molecule has 3 saturated heterocycles. The van der Waals surface area contributed by atoms with Gasteiger partial charge in [-0.25, -0.2) is 4.79 Å². The Bertz CT molecular complexity index is 505. The predicted molar refractivity (Wildman–Crippen MR) is 74.7 cm³/mol. The summed E-state index contributed by atoms with van der Waals surface area (Å²) in [6.07, 6.45) is 1.42. The van der Waals surface area contributed by atoms with E-state index in [0.29, 0.717) is 18.8 Å². The first-order chi connectivity index (χ1) is 9.88. The van der Waals surface area contributed by atoms with E-state index in [9.17, 15) is 19.5 Å². The van der Waals surface area contributed by atoms with Gasteiger partial charge in [-0.2, -0.15) is 0 Å². The van der Waals surface area contributed by atoms with Crippen molar-refractivity contribution >= 4 is 29.5 Å². The lowest BCUT2D eigenvalue weighted by Crippen LogP contribution is -2.60. The van der Waals surface area contributed by atoms with Crippen LogP contribution < -0.4 is 5.32 Å². The number of rotatable bonds is 3. The number of carbonyl (C=O) groups excluding carboxylic acids is 2. The zero-order valence-corrected chi connectivity index (χ0v) is 12.6. The number of carboxylic acid groups (broad SMARTS) is 1. The first-order valence-electron chi connectivity index (χ1n) is 6.97. The molecule has 116 valence electrons. The van der Waals surface area contributed by atoms with Crippen molar-refractivity contribution in [2.24, 2.45) is 0 Å². The Morgan fingerprint density at radius 1 is 1.48 bits per heavy atom. The number of ether oxygens (including phenoxy) is 1. The Morgan fingerprint density at radius 2 is 2.24 bits per heavy atom. The molecule has 0 aromatic carbocycles. The molecule has 3 heterocycles. The Morgan fingerprint density at radius 3 is 2.86 bits per heavy atom. The van der Waals surface area contributed by atoms with Crippen LogP contribution in [0.1, 0.15) is 26.2 Å². The second kappa shape index (κ2) is 4.88. The highest BCUT2D eigenvalue weighted by Crippen LogP contribution is 2.47. The van der Waals surface area contributed by atoms with E-state index in [1.165, 1.54) is 0 Å². The lowest BCUT2D eigenvalue weighted by Gasteiger charge is -2.32. The summed E-state index contributed by atoms with van der Waals surface area (Å²) in [5.74, 6) is -1.01. The number of fused-ring (bicyclic) bond motifs is 1. The highest BCUT2D eigenvalue weighted by atomic mass is 32.2. The molecule has 3 aliphatic heterocycles. The van der Waals surface area contributed by atoms with Crippen molar-refractivity contribution in [1.29, 1.82) is 0 Å². The summed E-state index contributed by atoms with van der Waals surface area (Å²) in [5, 5.41) is 12.0. The lowest BCUT2D eigenvalue weighted by atomic mass is 9.98. The first kappa shape index (κ1) is 14.6. The van der Waals surface area contributed by atoms with Crippen LogP contribution in [0.15, 0.2) is 0 Å². The molecule has 0 spiro atoms. The second-order valence-corrected chi connectivity index (χ2v) is 7.45. The molecule has 0 aromatic rings. The summed E-state index contributed by atoms with van der Waals surface area (Å²) in [6, 6.07) is -0.591. The Labute approximate surface area is 126 Å². The van der Waals surface area contributed by atoms with E-state index in [1.807, 2.05) is 6.92 Å². The van der Waals surface area contributed by atoms with Crippen LogP contribution in [-0.2, 0) is 19.1 Å². The van der Waals surface area contributed by atoms with Gasteiger partial charge in [0.1, 0.15) is 6.04 Å². The zero-order chi connectivity index (χ0) is 15.3. The standard InChI is InChI=1S/C13H18N2O5S/c1-12-3-2-9(16)15(12)8(6-21-12)10(17)14-13(11(18)19)4-5-20-7-13/h8H,2-7H2,1H3,(H,14,17)(H,18,19). The number of aliphatic carboxylic acids is 1. The largest absolute Gasteiger partial charge is 0.479 e. The van der Waals surface area contributed by atoms with Crippen LogP contribution in [0.25, 0.3) is 0 Å². The molecule has 0 saturated carbocycles. The van der Waals surface area contributed by atoms with Crippen molar-refractivity contribution in [3.63, 3.8) is 0 Å². The fraction of sp³-hybridized carbons (Fsp3) is 0.769. The Kier molecular flexibility index (Phi) is 3.40. The van der Waals surface area contributed by atoms with Crippen molar-refractivity contribution < 1.29 is 24.2 Å². The molecule has 3 fully saturated rings. The van der Waals surface area contributed by atoms with Gasteiger partial charge < -0.3 is 20.1 Å². The molecule has 0 aliphatic carbocycles. The topological polar surface area (TPSA) is 95.9 Å². The van der Waals surface area contributed by atoms with Crippen LogP contribution >= 0.6 is 11.8 Å². The van der Waals surface area contributed by atoms with Crippen LogP contribution in [-0.4, -0.2) is 63.2 Å². The van der Waals surface area contributed by atoms with Crippen molar-refractivity contribution in [2.75, 3.05) is 19.0 Å². The van der Waals surface area contributed by atoms with Gasteiger partial charge in [0.2, 0.25) is 11.8 Å². The van der Waals surface area contributed by atoms with E-state index in [0.717, 1.165) is 6.42 Å². The van der Waals surface area contributed by atoms with Crippen molar-refractivity contribution in [3.8, 4) is 0 Å². The number of nitrogens with one attached hydrogen (secondary N) is 1. The summed E-state index contributed by atoms with van der Waals surface area (Å²) in [5.41, 5.74) is -1.36. The van der Waals surface area contributed by atoms with Gasteiger partial charge in [-0.15, -0.1) is 11.8 Å². The zero-order valence-electron chi connectivity index (χ0n) is 11.8. The lowest BCUT2D eigenvalue weighted by molar-refractivity contribution is -0.149. The van der Waals surface area contributed by atoms with Crippen LogP contribution in [0.3, 0.4) is 0 Å². The van der Waals surface area contributed by atoms with Crippen molar-refractivity contribution in [1.82, 2.24) is 10.2 Å². The summed E-state index contributed by atoms with van der Waals surface area (Å²) in [6.45, 7) is 2.24. The van der Waals surface area contributed by atoms with Gasteiger partial charge in [-0.1, -0.05) is 0 Å². The molecular formula is C13H18N2O5S. The van der Waals surface area contributed by atoms with Gasteiger partial charge in [-0.05, 0) is 13.3 Å². The molecule has 0 radical (unpaired) electrons. The van der Waals surface area contributed by atoms with Gasteiger partial charge in [0.15, 0.2) is 5.54 Å². The summed E-state index contributed by atoms with van der Waals surface area (Å²) in [4.78, 5) is 37.3. The third kappa shape index (κ3) is 2.20. The van der Waals surface area contributed by atoms with E-state index in [1.54, 1.807) is 16.7 Å². The minimum Gasteiger partial charge on any atom is -0.479 e. The fourth-order valence-corrected chi connectivity index (χ4v) is 4.65. The monoisotopic (exact) mass is 314 g/mol. The number of nitrogens with zero attached hydrogens (tertiary/aromatic N) is 1. The number of carboxylic acids is 1. The normalized spacial score (nSPS) is 38.6. The third-order valence-electron chi connectivity index (χ3n) is 4.54. The molecule has 3 atom stereocenters. The van der Waals surface area contributed by atoms with Crippen molar-refractivity contribution in [3.05, 3.63) is 0 Å². The Hall–Kier alpha value is -1.28. The van der Waals surface area contributed by atoms with E-state index >= 15 is 0 Å². The van der Waals surface area contributed by atoms with Crippen LogP contribution in [0, 0.1) is 0 Å². The number of carbonyl (C=O) groups is 3. The molecule has 3 rings (SSSR count). The molecule has 8 heteroatoms. The maximum absolute atomic E-state index is 12.5. The Balaban J connectivity index is 1.77. The second-order valence-electron chi connectivity index (χ2n) is 5.94. The summed E-state index contributed by atoms with van der Waals surface area (Å²) < 4.78 is 5.13. The SMILES string of the molecule is CC12CCC(=O)N1C(C(=O)NC1(C(=O)O)CCOC1)CS2. The van der Waals surface area contributed by atoms with Gasteiger partial charge >= 0.3 is 5.97 Å². The number of amides is 2. The van der Waals surface area contributed by atoms with Gasteiger partial charge in [0.25, 0.3) is 0 Å². The number of hydrogen-bond donors (Lipinski definition) is 2. The molecule has 3 aliphatic rings. The number of hydrogen-bond acceptors (Lipinski definition) is 5. The molecule has 0 aromatic heterocycles. The maximum atomic E-state index is 12.5. The smallest absolute Gasteiger partial charge is 0.331 e. The van der Waals surface area contributed by atoms with E-state index < -0.39 is 23.5 Å². The van der Waals surface area contributed by atoms with Crippen LogP contribution in [0.4, 0.5) is 0 Å². The molecule has 2 N–H and O–H groups in total. The molecule has 2 amide bonds. The first-order valence-corrected chi connectivity index (χ1v) is 7.96. The average molecular weight is 314 g/mol. The highest BCUT2D eigenvalue weighted by Gasteiger charge is 2.54. The summed E-state index contributed by atoms with van der Waals surface area (Å²) >= 11 is 1.59. The van der Waals surface area contributed by atoms with E-state index in [-0.39, 0.29) is 23.8 Å². The van der Waals surface area contributed by atoms with Crippen LogP contribution in [0.2, 0.25) is 0 Å². The van der Waals surface area contributed by atoms with Gasteiger partial charge in [0, 0.05) is 25.2 Å². The minimum absolute atomic E-state index is 0.0286. The van der Waals surface area contributed by atoms with Crippen LogP contribution in [0.5, 0.6) is 0 Å². The molecule has 0 bridgehead atoms. The molecular weight excluding hydrogens is 296 g/mol. The molecule has 7 nitrogen and oxygen atoms in total. The fourth-order valence-electron chi connectivity index (χ4n) is 3.22.